The summed E-state index contributed by atoms with van der Waals surface area (Å²) < 4.78 is 13.1. The van der Waals surface area contributed by atoms with Crippen LogP contribution in [0.25, 0.3) is 0 Å². The summed E-state index contributed by atoms with van der Waals surface area (Å²) >= 11 is 0. The van der Waals surface area contributed by atoms with Crippen molar-refractivity contribution in [1.82, 2.24) is 20.3 Å². The molecular formula is C21H21FN6O. The third-order valence-corrected chi connectivity index (χ3v) is 4.81. The summed E-state index contributed by atoms with van der Waals surface area (Å²) in [4.78, 5) is 29.5. The summed E-state index contributed by atoms with van der Waals surface area (Å²) in [6, 6.07) is 11.9. The summed E-state index contributed by atoms with van der Waals surface area (Å²) in [5, 5.41) is 2.85. The molecule has 1 saturated heterocycles. The zero-order valence-electron chi connectivity index (χ0n) is 15.8. The van der Waals surface area contributed by atoms with Crippen molar-refractivity contribution in [3.05, 3.63) is 78.1 Å². The standard InChI is InChI=1S/C21H21FN6O/c22-17-3-5-18(6-4-17)27-10-12-28(13-11-27)21-24-9-7-19(26-21)20(29)25-15-16-2-1-8-23-14-16/h1-9,14H,10-13,15H2,(H,25,29). The monoisotopic (exact) mass is 392 g/mol. The van der Waals surface area contributed by atoms with E-state index in [1.54, 1.807) is 36.8 Å². The van der Waals surface area contributed by atoms with Gasteiger partial charge >= 0.3 is 0 Å². The first kappa shape index (κ1) is 18.8. The van der Waals surface area contributed by atoms with Crippen LogP contribution in [0.15, 0.2) is 61.1 Å². The van der Waals surface area contributed by atoms with E-state index in [4.69, 9.17) is 0 Å². The van der Waals surface area contributed by atoms with Gasteiger partial charge in [0, 0.05) is 57.0 Å². The van der Waals surface area contributed by atoms with E-state index < -0.39 is 0 Å². The van der Waals surface area contributed by atoms with Crippen LogP contribution in [0, 0.1) is 5.82 Å². The number of anilines is 2. The van der Waals surface area contributed by atoms with Crippen LogP contribution in [0.1, 0.15) is 16.1 Å². The Labute approximate surface area is 168 Å². The normalized spacial score (nSPS) is 14.0. The molecule has 4 rings (SSSR count). The molecule has 0 bridgehead atoms. The minimum atomic E-state index is -0.248. The highest BCUT2D eigenvalue weighted by molar-refractivity contribution is 5.92. The highest BCUT2D eigenvalue weighted by Gasteiger charge is 2.20. The minimum absolute atomic E-state index is 0.237. The number of amides is 1. The van der Waals surface area contributed by atoms with Crippen LogP contribution in [0.3, 0.4) is 0 Å². The molecule has 1 aliphatic rings. The average molecular weight is 392 g/mol. The number of halogens is 1. The van der Waals surface area contributed by atoms with E-state index >= 15 is 0 Å². The lowest BCUT2D eigenvalue weighted by atomic mass is 10.2. The van der Waals surface area contributed by atoms with Gasteiger partial charge in [-0.3, -0.25) is 9.78 Å². The number of hydrogen-bond donors (Lipinski definition) is 1. The van der Waals surface area contributed by atoms with E-state index in [0.717, 1.165) is 37.4 Å². The SMILES string of the molecule is O=C(NCc1cccnc1)c1ccnc(N2CCN(c3ccc(F)cc3)CC2)n1. The van der Waals surface area contributed by atoms with Crippen molar-refractivity contribution in [1.29, 1.82) is 0 Å². The molecule has 2 aromatic heterocycles. The summed E-state index contributed by atoms with van der Waals surface area (Å²) in [5.74, 6) is 0.0552. The van der Waals surface area contributed by atoms with Crippen LogP contribution < -0.4 is 15.1 Å². The van der Waals surface area contributed by atoms with Crippen molar-refractivity contribution < 1.29 is 9.18 Å². The maximum atomic E-state index is 13.1. The number of piperazine rings is 1. The van der Waals surface area contributed by atoms with Crippen LogP contribution in [-0.4, -0.2) is 47.0 Å². The molecule has 1 fully saturated rings. The number of nitrogens with zero attached hydrogens (tertiary/aromatic N) is 5. The molecule has 7 nitrogen and oxygen atoms in total. The molecule has 0 unspecified atom stereocenters. The lowest BCUT2D eigenvalue weighted by Crippen LogP contribution is -2.47. The fraction of sp³-hybridized carbons (Fsp3) is 0.238. The number of nitrogens with one attached hydrogen (secondary N) is 1. The highest BCUT2D eigenvalue weighted by Crippen LogP contribution is 2.19. The molecule has 148 valence electrons. The molecular weight excluding hydrogens is 371 g/mol. The number of benzene rings is 1. The maximum absolute atomic E-state index is 13.1. The first-order valence-electron chi connectivity index (χ1n) is 9.45. The smallest absolute Gasteiger partial charge is 0.270 e. The second kappa shape index (κ2) is 8.64. The Balaban J connectivity index is 1.36. The third-order valence-electron chi connectivity index (χ3n) is 4.81. The Kier molecular flexibility index (Phi) is 5.60. The Morgan fingerprint density at radius 1 is 1.00 bits per heavy atom. The first-order chi connectivity index (χ1) is 14.2. The van der Waals surface area contributed by atoms with Gasteiger partial charge in [0.05, 0.1) is 0 Å². The van der Waals surface area contributed by atoms with Crippen LogP contribution >= 0.6 is 0 Å². The van der Waals surface area contributed by atoms with Gasteiger partial charge in [-0.15, -0.1) is 0 Å². The molecule has 0 radical (unpaired) electrons. The summed E-state index contributed by atoms with van der Waals surface area (Å²) in [7, 11) is 0. The zero-order valence-corrected chi connectivity index (χ0v) is 15.8. The van der Waals surface area contributed by atoms with Crippen molar-refractivity contribution >= 4 is 17.5 Å². The van der Waals surface area contributed by atoms with Gasteiger partial charge in [-0.25, -0.2) is 14.4 Å². The number of pyridine rings is 1. The van der Waals surface area contributed by atoms with Crippen molar-refractivity contribution in [3.8, 4) is 0 Å². The molecule has 1 aliphatic heterocycles. The Hall–Kier alpha value is -3.55. The quantitative estimate of drug-likeness (QED) is 0.718. The van der Waals surface area contributed by atoms with Gasteiger partial charge < -0.3 is 15.1 Å². The molecule has 1 amide bonds. The maximum Gasteiger partial charge on any atom is 0.270 e. The highest BCUT2D eigenvalue weighted by atomic mass is 19.1. The van der Waals surface area contributed by atoms with E-state index in [9.17, 15) is 9.18 Å². The van der Waals surface area contributed by atoms with Crippen molar-refractivity contribution in [2.24, 2.45) is 0 Å². The van der Waals surface area contributed by atoms with Gasteiger partial charge in [0.2, 0.25) is 5.95 Å². The number of carbonyl (C=O) groups is 1. The largest absolute Gasteiger partial charge is 0.368 e. The molecule has 8 heteroatoms. The molecule has 0 saturated carbocycles. The van der Waals surface area contributed by atoms with Crippen LogP contribution in [0.2, 0.25) is 0 Å². The van der Waals surface area contributed by atoms with E-state index in [1.165, 1.54) is 12.1 Å². The lowest BCUT2D eigenvalue weighted by Gasteiger charge is -2.36. The molecule has 0 aliphatic carbocycles. The molecule has 3 aromatic rings. The third kappa shape index (κ3) is 4.66. The molecule has 1 aromatic carbocycles. The van der Waals surface area contributed by atoms with E-state index in [1.807, 2.05) is 12.1 Å². The van der Waals surface area contributed by atoms with Gasteiger partial charge in [-0.1, -0.05) is 6.07 Å². The number of carbonyl (C=O) groups excluding carboxylic acids is 1. The van der Waals surface area contributed by atoms with Gasteiger partial charge in [0.25, 0.3) is 5.91 Å². The van der Waals surface area contributed by atoms with Crippen LogP contribution in [0.5, 0.6) is 0 Å². The van der Waals surface area contributed by atoms with Crippen molar-refractivity contribution in [3.63, 3.8) is 0 Å². The van der Waals surface area contributed by atoms with Gasteiger partial charge in [0.1, 0.15) is 11.5 Å². The molecule has 0 atom stereocenters. The van der Waals surface area contributed by atoms with E-state index in [0.29, 0.717) is 18.2 Å². The molecule has 0 spiro atoms. The predicted octanol–water partition coefficient (Wildman–Crippen LogP) is 2.27. The number of hydrogen-bond acceptors (Lipinski definition) is 6. The fourth-order valence-corrected chi connectivity index (χ4v) is 3.22. The molecule has 3 heterocycles. The van der Waals surface area contributed by atoms with Crippen LogP contribution in [0.4, 0.5) is 16.0 Å². The van der Waals surface area contributed by atoms with Gasteiger partial charge in [0.15, 0.2) is 0 Å². The summed E-state index contributed by atoms with van der Waals surface area (Å²) in [5.41, 5.74) is 2.25. The van der Waals surface area contributed by atoms with Crippen molar-refractivity contribution in [2.45, 2.75) is 6.54 Å². The molecule has 1 N–H and O–H groups in total. The summed E-state index contributed by atoms with van der Waals surface area (Å²) in [6.07, 6.45) is 5.01. The first-order valence-corrected chi connectivity index (χ1v) is 9.45. The zero-order chi connectivity index (χ0) is 20.1. The van der Waals surface area contributed by atoms with E-state index in [-0.39, 0.29) is 11.7 Å². The number of rotatable bonds is 5. The van der Waals surface area contributed by atoms with E-state index in [2.05, 4.69) is 30.1 Å². The average Bonchev–Trinajstić information content (AvgIpc) is 2.79. The Bertz CT molecular complexity index is 958. The molecule has 29 heavy (non-hydrogen) atoms. The topological polar surface area (TPSA) is 74.2 Å². The Morgan fingerprint density at radius 2 is 1.76 bits per heavy atom. The second-order valence-electron chi connectivity index (χ2n) is 6.74. The van der Waals surface area contributed by atoms with Crippen LogP contribution in [-0.2, 0) is 6.54 Å². The predicted molar refractivity (Wildman–Crippen MR) is 108 cm³/mol. The second-order valence-corrected chi connectivity index (χ2v) is 6.74. The lowest BCUT2D eigenvalue weighted by molar-refractivity contribution is 0.0945. The summed E-state index contributed by atoms with van der Waals surface area (Å²) in [6.45, 7) is 3.37. The van der Waals surface area contributed by atoms with Gasteiger partial charge in [-0.2, -0.15) is 0 Å². The number of aromatic nitrogens is 3. The van der Waals surface area contributed by atoms with Crippen molar-refractivity contribution in [2.75, 3.05) is 36.0 Å². The fourth-order valence-electron chi connectivity index (χ4n) is 3.22. The van der Waals surface area contributed by atoms with Gasteiger partial charge in [-0.05, 0) is 42.0 Å². The Morgan fingerprint density at radius 3 is 2.48 bits per heavy atom. The minimum Gasteiger partial charge on any atom is -0.368 e.